The standard InChI is InChI=1S/C13H5F3N/c14-10-3-1-2-9(6-10)13-11(15)4-8(7-17)5-12(13)16/h1-2,4-6H. The first-order valence-electron chi connectivity index (χ1n) is 4.68. The summed E-state index contributed by atoms with van der Waals surface area (Å²) in [4.78, 5) is 0. The molecule has 0 saturated heterocycles. The smallest absolute Gasteiger partial charge is 0.135 e. The topological polar surface area (TPSA) is 23.8 Å². The van der Waals surface area contributed by atoms with Crippen molar-refractivity contribution in [1.82, 2.24) is 0 Å². The lowest BCUT2D eigenvalue weighted by Crippen LogP contribution is -1.92. The summed E-state index contributed by atoms with van der Waals surface area (Å²) in [5, 5.41) is 8.54. The predicted octanol–water partition coefficient (Wildman–Crippen LogP) is 3.44. The molecular weight excluding hydrogens is 227 g/mol. The molecular formula is C13H5F3N. The van der Waals surface area contributed by atoms with Gasteiger partial charge in [-0.1, -0.05) is 12.1 Å². The third-order valence-corrected chi connectivity index (χ3v) is 2.23. The van der Waals surface area contributed by atoms with E-state index in [9.17, 15) is 13.2 Å². The number of nitrogens with zero attached hydrogens (tertiary/aromatic N) is 1. The van der Waals surface area contributed by atoms with Gasteiger partial charge in [0.25, 0.3) is 0 Å². The highest BCUT2D eigenvalue weighted by atomic mass is 19.1. The van der Waals surface area contributed by atoms with Gasteiger partial charge in [-0.25, -0.2) is 13.2 Å². The number of halogens is 3. The molecule has 83 valence electrons. The molecule has 1 nitrogen and oxygen atoms in total. The van der Waals surface area contributed by atoms with Gasteiger partial charge in [-0.15, -0.1) is 0 Å². The molecule has 0 heterocycles. The van der Waals surface area contributed by atoms with E-state index in [1.165, 1.54) is 12.1 Å². The lowest BCUT2D eigenvalue weighted by atomic mass is 10.0. The maximum Gasteiger partial charge on any atom is 0.135 e. The van der Waals surface area contributed by atoms with Crippen molar-refractivity contribution >= 4 is 0 Å². The normalized spacial score (nSPS) is 10.0. The van der Waals surface area contributed by atoms with Crippen LogP contribution in [-0.2, 0) is 0 Å². The molecule has 0 aliphatic heterocycles. The Morgan fingerprint density at radius 3 is 2.24 bits per heavy atom. The van der Waals surface area contributed by atoms with Crippen molar-refractivity contribution in [2.24, 2.45) is 0 Å². The summed E-state index contributed by atoms with van der Waals surface area (Å²) in [7, 11) is 0. The summed E-state index contributed by atoms with van der Waals surface area (Å²) < 4.78 is 40.1. The molecule has 2 aromatic carbocycles. The van der Waals surface area contributed by atoms with Gasteiger partial charge < -0.3 is 0 Å². The first kappa shape index (κ1) is 11.2. The third kappa shape index (κ3) is 2.13. The zero-order chi connectivity index (χ0) is 12.4. The van der Waals surface area contributed by atoms with Crippen LogP contribution in [0.2, 0.25) is 0 Å². The molecule has 0 spiro atoms. The molecule has 0 fully saturated rings. The van der Waals surface area contributed by atoms with Gasteiger partial charge in [-0.3, -0.25) is 0 Å². The second kappa shape index (κ2) is 4.30. The number of benzene rings is 2. The molecule has 0 aliphatic carbocycles. The summed E-state index contributed by atoms with van der Waals surface area (Å²) in [6.45, 7) is 0. The van der Waals surface area contributed by atoms with Gasteiger partial charge in [0.15, 0.2) is 0 Å². The van der Waals surface area contributed by atoms with Gasteiger partial charge in [-0.2, -0.15) is 5.26 Å². The van der Waals surface area contributed by atoms with Crippen molar-refractivity contribution < 1.29 is 13.2 Å². The zero-order valence-corrected chi connectivity index (χ0v) is 8.47. The maximum absolute atomic E-state index is 13.6. The molecule has 0 atom stereocenters. The van der Waals surface area contributed by atoms with Crippen LogP contribution in [0.25, 0.3) is 11.1 Å². The minimum atomic E-state index is -0.896. The fourth-order valence-corrected chi connectivity index (χ4v) is 1.51. The second-order valence-corrected chi connectivity index (χ2v) is 3.35. The van der Waals surface area contributed by atoms with E-state index < -0.39 is 17.5 Å². The Balaban J connectivity index is 2.65. The van der Waals surface area contributed by atoms with Crippen LogP contribution in [0.1, 0.15) is 5.56 Å². The number of rotatable bonds is 1. The van der Waals surface area contributed by atoms with E-state index in [0.29, 0.717) is 0 Å². The Morgan fingerprint density at radius 2 is 1.71 bits per heavy atom. The molecule has 0 saturated carbocycles. The van der Waals surface area contributed by atoms with Crippen molar-refractivity contribution in [1.29, 1.82) is 5.26 Å². The molecule has 0 unspecified atom stereocenters. The Bertz CT molecular complexity index is 591. The fraction of sp³-hybridized carbons (Fsp3) is 0. The molecule has 4 heteroatoms. The molecule has 2 rings (SSSR count). The van der Waals surface area contributed by atoms with E-state index in [1.807, 2.05) is 0 Å². The van der Waals surface area contributed by atoms with Gasteiger partial charge in [-0.05, 0) is 23.8 Å². The minimum Gasteiger partial charge on any atom is -0.206 e. The average Bonchev–Trinajstić information content (AvgIpc) is 2.28. The first-order chi connectivity index (χ1) is 8.11. The van der Waals surface area contributed by atoms with E-state index >= 15 is 0 Å². The average molecular weight is 232 g/mol. The van der Waals surface area contributed by atoms with Crippen LogP contribution in [-0.4, -0.2) is 0 Å². The van der Waals surface area contributed by atoms with E-state index in [-0.39, 0.29) is 16.7 Å². The van der Waals surface area contributed by atoms with Crippen molar-refractivity contribution in [2.75, 3.05) is 0 Å². The Morgan fingerprint density at radius 1 is 1.06 bits per heavy atom. The first-order valence-corrected chi connectivity index (χ1v) is 4.68. The predicted molar refractivity (Wildman–Crippen MR) is 55.3 cm³/mol. The van der Waals surface area contributed by atoms with Crippen molar-refractivity contribution in [3.05, 3.63) is 59.4 Å². The highest BCUT2D eigenvalue weighted by Gasteiger charge is 2.13. The van der Waals surface area contributed by atoms with Crippen molar-refractivity contribution in [3.8, 4) is 17.2 Å². The lowest BCUT2D eigenvalue weighted by Gasteiger charge is -2.05. The van der Waals surface area contributed by atoms with Gasteiger partial charge in [0.1, 0.15) is 17.5 Å². The van der Waals surface area contributed by atoms with Crippen LogP contribution in [0.3, 0.4) is 0 Å². The third-order valence-electron chi connectivity index (χ3n) is 2.23. The van der Waals surface area contributed by atoms with Crippen molar-refractivity contribution in [2.45, 2.75) is 0 Å². The summed E-state index contributed by atoms with van der Waals surface area (Å²) in [5.74, 6) is -2.50. The quantitative estimate of drug-likeness (QED) is 0.738. The van der Waals surface area contributed by atoms with Crippen molar-refractivity contribution in [3.63, 3.8) is 0 Å². The molecule has 2 aromatic rings. The SMILES string of the molecule is N#Cc1cc(F)c(-c2cc[c]c(F)c2)c(F)c1. The summed E-state index contributed by atoms with van der Waals surface area (Å²) in [5.41, 5.74) is -0.399. The Labute approximate surface area is 95.7 Å². The summed E-state index contributed by atoms with van der Waals surface area (Å²) in [6, 6.07) is 9.26. The number of hydrogen-bond acceptors (Lipinski definition) is 1. The Kier molecular flexibility index (Phi) is 2.84. The molecule has 0 amide bonds. The van der Waals surface area contributed by atoms with Crippen LogP contribution in [0.5, 0.6) is 0 Å². The highest BCUT2D eigenvalue weighted by Crippen LogP contribution is 2.27. The molecule has 0 bridgehead atoms. The zero-order valence-electron chi connectivity index (χ0n) is 8.47. The number of nitriles is 1. The van der Waals surface area contributed by atoms with Crippen LogP contribution in [0, 0.1) is 34.8 Å². The molecule has 0 aromatic heterocycles. The lowest BCUT2D eigenvalue weighted by molar-refractivity contribution is 0.588. The van der Waals surface area contributed by atoms with E-state index in [4.69, 9.17) is 5.26 Å². The molecule has 1 radical (unpaired) electrons. The van der Waals surface area contributed by atoms with Crippen LogP contribution in [0.4, 0.5) is 13.2 Å². The molecule has 0 N–H and O–H groups in total. The number of hydrogen-bond donors (Lipinski definition) is 0. The Hall–Kier alpha value is -2.28. The van der Waals surface area contributed by atoms with E-state index in [0.717, 1.165) is 18.2 Å². The summed E-state index contributed by atoms with van der Waals surface area (Å²) in [6.07, 6.45) is 0. The van der Waals surface area contributed by atoms with E-state index in [2.05, 4.69) is 6.07 Å². The molecule has 17 heavy (non-hydrogen) atoms. The van der Waals surface area contributed by atoms with E-state index in [1.54, 1.807) is 6.07 Å². The maximum atomic E-state index is 13.6. The second-order valence-electron chi connectivity index (χ2n) is 3.35. The largest absolute Gasteiger partial charge is 0.206 e. The highest BCUT2D eigenvalue weighted by molar-refractivity contribution is 5.65. The van der Waals surface area contributed by atoms with Gasteiger partial charge in [0.05, 0.1) is 17.2 Å². The van der Waals surface area contributed by atoms with Crippen LogP contribution in [0.15, 0.2) is 30.3 Å². The van der Waals surface area contributed by atoms with Gasteiger partial charge >= 0.3 is 0 Å². The molecule has 0 aliphatic rings. The minimum absolute atomic E-state index is 0.0701. The van der Waals surface area contributed by atoms with Gasteiger partial charge in [0, 0.05) is 6.07 Å². The monoisotopic (exact) mass is 232 g/mol. The van der Waals surface area contributed by atoms with Crippen LogP contribution >= 0.6 is 0 Å². The summed E-state index contributed by atoms with van der Waals surface area (Å²) >= 11 is 0. The fourth-order valence-electron chi connectivity index (χ4n) is 1.51. The van der Waals surface area contributed by atoms with Gasteiger partial charge in [0.2, 0.25) is 0 Å². The van der Waals surface area contributed by atoms with Crippen LogP contribution < -0.4 is 0 Å².